The second-order valence-corrected chi connectivity index (χ2v) is 0.908. The van der Waals surface area contributed by atoms with Crippen LogP contribution in [0.4, 0.5) is 0 Å². The van der Waals surface area contributed by atoms with E-state index < -0.39 is 0 Å². The van der Waals surface area contributed by atoms with Gasteiger partial charge in [0.1, 0.15) is 5.78 Å². The molecule has 0 fully saturated rings. The predicted molar refractivity (Wildman–Crippen MR) is 22.3 cm³/mol. The lowest BCUT2D eigenvalue weighted by Crippen LogP contribution is -3.00. The third-order valence-corrected chi connectivity index (χ3v) is 0. The van der Waals surface area contributed by atoms with E-state index in [0.717, 1.165) is 0 Å². The van der Waals surface area contributed by atoms with E-state index in [-0.39, 0.29) is 16.6 Å². The smallest absolute Gasteiger partial charge is 0.126 e. The number of Topliss-reactive ketones (excluding diaryl/α,β-unsaturated/α-hetero) is 1. The number of carbonyl (C=O) groups excluding carboxylic acids is 1. The average molecular weight is 95.1 g/mol. The van der Waals surface area contributed by atoms with Gasteiger partial charge in [-0.05, 0) is 13.8 Å². The van der Waals surface area contributed by atoms with Crippen LogP contribution in [-0.4, -0.2) is 5.78 Å². The maximum atomic E-state index is 9.44. The summed E-state index contributed by atoms with van der Waals surface area (Å²) in [6.07, 6.45) is 0. The molecule has 0 aromatic carbocycles. The van der Waals surface area contributed by atoms with E-state index in [0.29, 0.717) is 0 Å². The Balaban J connectivity index is -0.0000000450. The number of hydrogen-bond acceptors (Lipinski definition) is 1. The number of rotatable bonds is 0. The molecule has 0 radical (unpaired) electrons. The fourth-order valence-corrected chi connectivity index (χ4v) is 0. The molecular weight excluding hydrogens is 85.0 g/mol. The maximum absolute atomic E-state index is 9.44. The first kappa shape index (κ1) is 17.6. The Morgan fingerprint density at radius 2 is 1.33 bits per heavy atom. The summed E-state index contributed by atoms with van der Waals surface area (Å²) < 4.78 is 0. The molecule has 6 heavy (non-hydrogen) atoms. The lowest BCUT2D eigenvalue weighted by atomic mass is 10.6. The SMILES string of the molecule is CC(C)=O.[F-].[NH4+]. The number of ketones is 1. The second-order valence-electron chi connectivity index (χ2n) is 0.908. The van der Waals surface area contributed by atoms with Crippen molar-refractivity contribution in [1.29, 1.82) is 0 Å². The Bertz CT molecular complexity index is 33.8. The zero-order valence-corrected chi connectivity index (χ0v) is 4.29. The minimum atomic E-state index is 0. The maximum Gasteiger partial charge on any atom is 0.126 e. The third-order valence-electron chi connectivity index (χ3n) is 0. The van der Waals surface area contributed by atoms with Gasteiger partial charge in [-0.3, -0.25) is 0 Å². The molecule has 0 rings (SSSR count). The van der Waals surface area contributed by atoms with Gasteiger partial charge in [-0.1, -0.05) is 0 Å². The first-order valence-electron chi connectivity index (χ1n) is 1.20. The van der Waals surface area contributed by atoms with Crippen LogP contribution in [-0.2, 0) is 4.79 Å². The monoisotopic (exact) mass is 95.1 g/mol. The quantitative estimate of drug-likeness (QED) is 0.371. The van der Waals surface area contributed by atoms with Crippen molar-refractivity contribution in [3.63, 3.8) is 0 Å². The number of carbonyl (C=O) groups is 1. The van der Waals surface area contributed by atoms with E-state index in [9.17, 15) is 4.79 Å². The van der Waals surface area contributed by atoms with Gasteiger partial charge in [-0.15, -0.1) is 0 Å². The van der Waals surface area contributed by atoms with Crippen molar-refractivity contribution < 1.29 is 9.50 Å². The molecule has 0 heterocycles. The van der Waals surface area contributed by atoms with Gasteiger partial charge in [-0.2, -0.15) is 0 Å². The molecule has 0 aliphatic heterocycles. The van der Waals surface area contributed by atoms with Crippen LogP contribution in [0, 0.1) is 0 Å². The van der Waals surface area contributed by atoms with Gasteiger partial charge in [0.2, 0.25) is 0 Å². The second kappa shape index (κ2) is 8.82. The van der Waals surface area contributed by atoms with Gasteiger partial charge in [0.25, 0.3) is 0 Å². The van der Waals surface area contributed by atoms with Gasteiger partial charge >= 0.3 is 0 Å². The molecule has 0 aliphatic rings. The van der Waals surface area contributed by atoms with Crippen LogP contribution in [0.2, 0.25) is 0 Å². The third kappa shape index (κ3) is 121. The number of hydrogen-bond donors (Lipinski definition) is 1. The van der Waals surface area contributed by atoms with Crippen molar-refractivity contribution in [2.24, 2.45) is 0 Å². The van der Waals surface area contributed by atoms with Crippen molar-refractivity contribution in [3.8, 4) is 0 Å². The highest BCUT2D eigenvalue weighted by molar-refractivity contribution is 5.72. The molecule has 3 heteroatoms. The molecule has 0 amide bonds. The summed E-state index contributed by atoms with van der Waals surface area (Å²) in [5, 5.41) is 0. The minimum absolute atomic E-state index is 0. The van der Waals surface area contributed by atoms with Gasteiger partial charge in [0.15, 0.2) is 0 Å². The topological polar surface area (TPSA) is 53.6 Å². The van der Waals surface area contributed by atoms with E-state index in [1.807, 2.05) is 0 Å². The molecule has 2 nitrogen and oxygen atoms in total. The van der Waals surface area contributed by atoms with E-state index in [2.05, 4.69) is 0 Å². The van der Waals surface area contributed by atoms with Gasteiger partial charge < -0.3 is 15.6 Å². The van der Waals surface area contributed by atoms with Crippen molar-refractivity contribution in [3.05, 3.63) is 0 Å². The predicted octanol–water partition coefficient (Wildman–Crippen LogP) is -2.02. The first-order valence-corrected chi connectivity index (χ1v) is 1.20. The van der Waals surface area contributed by atoms with E-state index >= 15 is 0 Å². The highest BCUT2D eigenvalue weighted by Crippen LogP contribution is 1.50. The van der Waals surface area contributed by atoms with Crippen LogP contribution in [0.3, 0.4) is 0 Å². The lowest BCUT2D eigenvalue weighted by molar-refractivity contribution is -0.115. The number of halogens is 1. The molecule has 0 aromatic heterocycles. The molecule has 0 atom stereocenters. The molecule has 40 valence electrons. The Kier molecular flexibility index (Phi) is 25.9. The van der Waals surface area contributed by atoms with Crippen LogP contribution in [0.1, 0.15) is 13.8 Å². The Morgan fingerprint density at radius 3 is 1.33 bits per heavy atom. The summed E-state index contributed by atoms with van der Waals surface area (Å²) in [5.74, 6) is 0.167. The molecule has 0 unspecified atom stereocenters. The highest BCUT2D eigenvalue weighted by atomic mass is 19.0. The van der Waals surface area contributed by atoms with Gasteiger partial charge in [-0.25, -0.2) is 0 Å². The minimum Gasteiger partial charge on any atom is -1.00 e. The van der Waals surface area contributed by atoms with Crippen molar-refractivity contribution >= 4 is 5.78 Å². The summed E-state index contributed by atoms with van der Waals surface area (Å²) >= 11 is 0. The summed E-state index contributed by atoms with van der Waals surface area (Å²) in [4.78, 5) is 9.44. The molecule has 0 bridgehead atoms. The molecule has 0 aliphatic carbocycles. The van der Waals surface area contributed by atoms with Gasteiger partial charge in [0.05, 0.1) is 0 Å². The first-order chi connectivity index (χ1) is 1.73. The molecule has 0 saturated carbocycles. The summed E-state index contributed by atoms with van der Waals surface area (Å²) in [5.41, 5.74) is 0. The Morgan fingerprint density at radius 1 is 1.33 bits per heavy atom. The van der Waals surface area contributed by atoms with Crippen molar-refractivity contribution in [2.45, 2.75) is 13.8 Å². The van der Waals surface area contributed by atoms with E-state index in [1.165, 1.54) is 13.8 Å². The fraction of sp³-hybridized carbons (Fsp3) is 0.667. The number of quaternary nitrogens is 1. The average Bonchev–Trinajstić information content (AvgIpc) is 0.811. The van der Waals surface area contributed by atoms with Crippen LogP contribution in [0.15, 0.2) is 0 Å². The zero-order chi connectivity index (χ0) is 3.58. The van der Waals surface area contributed by atoms with Crippen LogP contribution in [0.5, 0.6) is 0 Å². The van der Waals surface area contributed by atoms with Crippen LogP contribution in [0.25, 0.3) is 0 Å². The molecule has 0 saturated heterocycles. The molecule has 4 N–H and O–H groups in total. The normalized spacial score (nSPS) is 4.33. The van der Waals surface area contributed by atoms with Crippen molar-refractivity contribution in [2.75, 3.05) is 0 Å². The summed E-state index contributed by atoms with van der Waals surface area (Å²) in [6.45, 7) is 3.06. The Hall–Kier alpha value is -0.440. The van der Waals surface area contributed by atoms with E-state index in [4.69, 9.17) is 0 Å². The fourth-order valence-electron chi connectivity index (χ4n) is 0. The van der Waals surface area contributed by atoms with Crippen LogP contribution >= 0.6 is 0 Å². The summed E-state index contributed by atoms with van der Waals surface area (Å²) in [7, 11) is 0. The highest BCUT2D eigenvalue weighted by Gasteiger charge is 1.62. The molecule has 0 aromatic rings. The van der Waals surface area contributed by atoms with E-state index in [1.54, 1.807) is 0 Å². The molecule has 0 spiro atoms. The van der Waals surface area contributed by atoms with Gasteiger partial charge in [0, 0.05) is 0 Å². The largest absolute Gasteiger partial charge is 1.00 e. The lowest BCUT2D eigenvalue weighted by Gasteiger charge is -1.56. The Labute approximate surface area is 36.5 Å². The van der Waals surface area contributed by atoms with Crippen LogP contribution < -0.4 is 10.9 Å². The molecular formula is C3H10FNO. The van der Waals surface area contributed by atoms with Crippen molar-refractivity contribution in [1.82, 2.24) is 6.15 Å². The summed E-state index contributed by atoms with van der Waals surface area (Å²) in [6, 6.07) is 0. The standard InChI is InChI=1S/C3H6O.FH.H3N/c1-3(2)4;;/h1-2H3;1H;1H3. The zero-order valence-electron chi connectivity index (χ0n) is 4.29.